The molecule has 0 aliphatic carbocycles. The maximum absolute atomic E-state index is 13.3. The zero-order chi connectivity index (χ0) is 22.0. The van der Waals surface area contributed by atoms with Gasteiger partial charge in [-0.2, -0.15) is 5.10 Å². The first-order valence-corrected chi connectivity index (χ1v) is 9.85. The van der Waals surface area contributed by atoms with Crippen molar-refractivity contribution in [3.63, 3.8) is 0 Å². The van der Waals surface area contributed by atoms with Crippen LogP contribution in [-0.4, -0.2) is 33.8 Å². The zero-order valence-corrected chi connectivity index (χ0v) is 17.4. The second kappa shape index (κ2) is 8.43. The van der Waals surface area contributed by atoms with Gasteiger partial charge in [-0.15, -0.1) is 0 Å². The number of ether oxygens (including phenoxy) is 1. The van der Waals surface area contributed by atoms with Gasteiger partial charge in [0.2, 0.25) is 0 Å². The molecule has 8 heteroatoms. The largest absolute Gasteiger partial charge is 0.467 e. The average Bonchev–Trinajstić information content (AvgIpc) is 3.46. The van der Waals surface area contributed by atoms with Gasteiger partial charge in [-0.1, -0.05) is 30.3 Å². The molecule has 0 saturated heterocycles. The number of carbonyl (C=O) groups is 2. The highest BCUT2D eigenvalue weighted by Crippen LogP contribution is 2.27. The summed E-state index contributed by atoms with van der Waals surface area (Å²) in [6.45, 7) is 3.96. The fourth-order valence-electron chi connectivity index (χ4n) is 3.38. The fraction of sp³-hybridized carbons (Fsp3) is 0.217. The topological polar surface area (TPSA) is 99.2 Å². The molecule has 3 aromatic heterocycles. The van der Waals surface area contributed by atoms with Crippen molar-refractivity contribution in [2.24, 2.45) is 0 Å². The van der Waals surface area contributed by atoms with Crippen LogP contribution in [0.15, 0.2) is 65.4 Å². The molecule has 1 amide bonds. The van der Waals surface area contributed by atoms with Gasteiger partial charge in [0.15, 0.2) is 17.4 Å². The number of methoxy groups -OCH3 is 1. The molecule has 1 N–H and O–H groups in total. The molecule has 1 aromatic carbocycles. The van der Waals surface area contributed by atoms with Crippen molar-refractivity contribution < 1.29 is 18.7 Å². The summed E-state index contributed by atoms with van der Waals surface area (Å²) < 4.78 is 12.1. The van der Waals surface area contributed by atoms with E-state index in [0.717, 1.165) is 0 Å². The molecule has 8 nitrogen and oxygen atoms in total. The predicted octanol–water partition coefficient (Wildman–Crippen LogP) is 3.92. The Labute approximate surface area is 178 Å². The molecule has 0 radical (unpaired) electrons. The van der Waals surface area contributed by atoms with Crippen LogP contribution < -0.4 is 5.32 Å². The summed E-state index contributed by atoms with van der Waals surface area (Å²) in [5.74, 6) is -0.475. The number of pyridine rings is 1. The lowest BCUT2D eigenvalue weighted by Crippen LogP contribution is -2.34. The molecule has 0 aliphatic heterocycles. The van der Waals surface area contributed by atoms with Crippen molar-refractivity contribution in [2.75, 3.05) is 7.11 Å². The first-order valence-electron chi connectivity index (χ1n) is 9.85. The van der Waals surface area contributed by atoms with E-state index in [1.54, 1.807) is 59.6 Å². The number of hydrogen-bond acceptors (Lipinski definition) is 6. The Morgan fingerprint density at radius 3 is 2.55 bits per heavy atom. The van der Waals surface area contributed by atoms with E-state index in [4.69, 9.17) is 9.15 Å². The molecule has 1 unspecified atom stereocenters. The Morgan fingerprint density at radius 2 is 1.90 bits per heavy atom. The quantitative estimate of drug-likeness (QED) is 0.477. The van der Waals surface area contributed by atoms with Crippen LogP contribution in [0.5, 0.6) is 0 Å². The summed E-state index contributed by atoms with van der Waals surface area (Å²) in [5.41, 5.74) is 2.02. The van der Waals surface area contributed by atoms with Crippen molar-refractivity contribution in [2.45, 2.75) is 25.9 Å². The molecule has 0 saturated carbocycles. The molecule has 31 heavy (non-hydrogen) atoms. The van der Waals surface area contributed by atoms with E-state index in [2.05, 4.69) is 15.4 Å². The van der Waals surface area contributed by atoms with Crippen molar-refractivity contribution in [1.82, 2.24) is 20.1 Å². The molecule has 1 atom stereocenters. The lowest BCUT2D eigenvalue weighted by molar-refractivity contribution is -0.143. The maximum Gasteiger partial charge on any atom is 0.333 e. The number of rotatable bonds is 6. The van der Waals surface area contributed by atoms with Crippen molar-refractivity contribution in [1.29, 1.82) is 0 Å². The van der Waals surface area contributed by atoms with E-state index >= 15 is 0 Å². The second-order valence-electron chi connectivity index (χ2n) is 7.29. The molecule has 0 aliphatic rings. The van der Waals surface area contributed by atoms with Gasteiger partial charge in [0.25, 0.3) is 5.91 Å². The molecule has 4 rings (SSSR count). The summed E-state index contributed by atoms with van der Waals surface area (Å²) in [4.78, 5) is 30.4. The number of fused-ring (bicyclic) bond motifs is 1. The standard InChI is InChI=1S/C23H22N4O4/c1-14(2)27-21-17(13-24-27)16(12-18(25-21)19-10-7-11-31-19)22(28)26-20(23(29)30-3)15-8-5-4-6-9-15/h4-14,20H,1-3H3,(H,26,28). The van der Waals surface area contributed by atoms with E-state index in [1.807, 2.05) is 19.9 Å². The Bertz CT molecular complexity index is 1210. The first-order chi connectivity index (χ1) is 15.0. The number of carbonyl (C=O) groups excluding carboxylic acids is 2. The van der Waals surface area contributed by atoms with E-state index in [9.17, 15) is 9.59 Å². The summed E-state index contributed by atoms with van der Waals surface area (Å²) in [6.07, 6.45) is 3.15. The minimum Gasteiger partial charge on any atom is -0.467 e. The first kappa shape index (κ1) is 20.3. The van der Waals surface area contributed by atoms with Crippen LogP contribution in [0.4, 0.5) is 0 Å². The van der Waals surface area contributed by atoms with Crippen LogP contribution in [0, 0.1) is 0 Å². The number of nitrogens with zero attached hydrogens (tertiary/aromatic N) is 3. The number of aromatic nitrogens is 3. The Hall–Kier alpha value is -3.94. The SMILES string of the molecule is COC(=O)C(NC(=O)c1cc(-c2ccco2)nc2c1cnn2C(C)C)c1ccccc1. The molecule has 3 heterocycles. The Balaban J connectivity index is 1.80. The van der Waals surface area contributed by atoms with Crippen molar-refractivity contribution in [3.05, 3.63) is 72.1 Å². The second-order valence-corrected chi connectivity index (χ2v) is 7.29. The lowest BCUT2D eigenvalue weighted by Gasteiger charge is -2.17. The van der Waals surface area contributed by atoms with E-state index in [-0.39, 0.29) is 6.04 Å². The highest BCUT2D eigenvalue weighted by molar-refractivity contribution is 6.07. The van der Waals surface area contributed by atoms with E-state index in [0.29, 0.717) is 33.6 Å². The molecule has 0 bridgehead atoms. The molecule has 0 fully saturated rings. The Kier molecular flexibility index (Phi) is 5.53. The third-order valence-corrected chi connectivity index (χ3v) is 4.92. The van der Waals surface area contributed by atoms with Crippen molar-refractivity contribution >= 4 is 22.9 Å². The summed E-state index contributed by atoms with van der Waals surface area (Å²) >= 11 is 0. The molecule has 158 valence electrons. The summed E-state index contributed by atoms with van der Waals surface area (Å²) in [5, 5.41) is 7.78. The summed E-state index contributed by atoms with van der Waals surface area (Å²) in [6, 6.07) is 13.2. The van der Waals surface area contributed by atoms with E-state index in [1.165, 1.54) is 7.11 Å². The molecular weight excluding hydrogens is 396 g/mol. The van der Waals surface area contributed by atoms with Crippen LogP contribution >= 0.6 is 0 Å². The van der Waals surface area contributed by atoms with Crippen LogP contribution in [0.1, 0.15) is 41.9 Å². The van der Waals surface area contributed by atoms with E-state index < -0.39 is 17.9 Å². The Morgan fingerprint density at radius 1 is 1.13 bits per heavy atom. The van der Waals surface area contributed by atoms with Gasteiger partial charge >= 0.3 is 5.97 Å². The highest BCUT2D eigenvalue weighted by Gasteiger charge is 2.26. The average molecular weight is 418 g/mol. The summed E-state index contributed by atoms with van der Waals surface area (Å²) in [7, 11) is 1.29. The van der Waals surface area contributed by atoms with Crippen LogP contribution in [0.3, 0.4) is 0 Å². The van der Waals surface area contributed by atoms with Gasteiger partial charge in [0.05, 0.1) is 30.5 Å². The highest BCUT2D eigenvalue weighted by atomic mass is 16.5. The van der Waals surface area contributed by atoms with Crippen molar-refractivity contribution in [3.8, 4) is 11.5 Å². The van der Waals surface area contributed by atoms with Gasteiger partial charge in [-0.25, -0.2) is 14.5 Å². The smallest absolute Gasteiger partial charge is 0.333 e. The van der Waals surface area contributed by atoms with Crippen LogP contribution in [0.25, 0.3) is 22.5 Å². The molecule has 4 aromatic rings. The minimum atomic E-state index is -0.950. The molecule has 0 spiro atoms. The third-order valence-electron chi connectivity index (χ3n) is 4.92. The molecular formula is C23H22N4O4. The van der Waals surface area contributed by atoms with Gasteiger partial charge in [0.1, 0.15) is 5.69 Å². The predicted molar refractivity (Wildman–Crippen MR) is 114 cm³/mol. The van der Waals surface area contributed by atoms with Gasteiger partial charge in [-0.05, 0) is 37.6 Å². The normalized spacial score (nSPS) is 12.1. The van der Waals surface area contributed by atoms with Gasteiger partial charge in [0, 0.05) is 6.04 Å². The maximum atomic E-state index is 13.3. The van der Waals surface area contributed by atoms with Gasteiger partial charge in [-0.3, -0.25) is 4.79 Å². The number of esters is 1. The third kappa shape index (κ3) is 3.92. The zero-order valence-electron chi connectivity index (χ0n) is 17.4. The number of hydrogen-bond donors (Lipinski definition) is 1. The van der Waals surface area contributed by atoms with Crippen LogP contribution in [-0.2, 0) is 9.53 Å². The number of benzene rings is 1. The number of amides is 1. The van der Waals surface area contributed by atoms with Crippen LogP contribution in [0.2, 0.25) is 0 Å². The number of furan rings is 1. The fourth-order valence-corrected chi connectivity index (χ4v) is 3.38. The number of nitrogens with one attached hydrogen (secondary N) is 1. The minimum absolute atomic E-state index is 0.0416. The monoisotopic (exact) mass is 418 g/mol. The lowest BCUT2D eigenvalue weighted by atomic mass is 10.1. The van der Waals surface area contributed by atoms with Gasteiger partial charge < -0.3 is 14.5 Å².